The molecule has 0 aromatic heterocycles. The van der Waals surface area contributed by atoms with E-state index in [9.17, 15) is 4.79 Å². The van der Waals surface area contributed by atoms with Gasteiger partial charge in [0.05, 0.1) is 5.54 Å². The Hall–Kier alpha value is -0.830. The van der Waals surface area contributed by atoms with E-state index in [1.165, 1.54) is 0 Å². The van der Waals surface area contributed by atoms with Crippen LogP contribution in [0.25, 0.3) is 0 Å². The summed E-state index contributed by atoms with van der Waals surface area (Å²) < 4.78 is 0. The first kappa shape index (κ1) is 11.6. The van der Waals surface area contributed by atoms with Gasteiger partial charge >= 0.3 is 0 Å². The van der Waals surface area contributed by atoms with Crippen LogP contribution in [0.2, 0.25) is 0 Å². The summed E-state index contributed by atoms with van der Waals surface area (Å²) in [4.78, 5) is 12.3. The minimum absolute atomic E-state index is 0.216. The van der Waals surface area contributed by atoms with Crippen molar-refractivity contribution in [3.05, 3.63) is 12.2 Å². The van der Waals surface area contributed by atoms with E-state index in [1.54, 1.807) is 0 Å². The number of carbonyl (C=O) groups is 1. The van der Waals surface area contributed by atoms with Gasteiger partial charge in [0, 0.05) is 6.04 Å². The molecule has 0 aromatic carbocycles. The van der Waals surface area contributed by atoms with Gasteiger partial charge in [0.15, 0.2) is 0 Å². The molecule has 0 saturated carbocycles. The molecule has 16 heavy (non-hydrogen) atoms. The Balaban J connectivity index is 1.93. The van der Waals surface area contributed by atoms with E-state index >= 15 is 0 Å². The molecule has 2 rings (SSSR count). The van der Waals surface area contributed by atoms with Crippen LogP contribution in [0.1, 0.15) is 45.4 Å². The summed E-state index contributed by atoms with van der Waals surface area (Å²) in [6.07, 6.45) is 10.5. The van der Waals surface area contributed by atoms with Gasteiger partial charge in [-0.1, -0.05) is 19.1 Å². The Morgan fingerprint density at radius 1 is 1.56 bits per heavy atom. The first-order valence-electron chi connectivity index (χ1n) is 6.48. The number of allylic oxidation sites excluding steroid dienone is 1. The molecule has 2 atom stereocenters. The molecule has 3 heteroatoms. The molecule has 3 nitrogen and oxygen atoms in total. The fourth-order valence-corrected chi connectivity index (χ4v) is 2.71. The van der Waals surface area contributed by atoms with Gasteiger partial charge < -0.3 is 10.6 Å². The molecule has 1 amide bonds. The van der Waals surface area contributed by atoms with Crippen LogP contribution in [0.4, 0.5) is 0 Å². The van der Waals surface area contributed by atoms with Gasteiger partial charge in [-0.3, -0.25) is 4.79 Å². The Labute approximate surface area is 97.7 Å². The summed E-state index contributed by atoms with van der Waals surface area (Å²) in [6.45, 7) is 3.07. The molecule has 1 heterocycles. The standard InChI is InChI=1S/C13H22N2O/c1-2-13(9-6-10-14-13)12(16)15-11-7-4-3-5-8-11/h3-4,11,14H,2,5-10H2,1H3,(H,15,16). The van der Waals surface area contributed by atoms with E-state index in [2.05, 4.69) is 29.7 Å². The zero-order valence-electron chi connectivity index (χ0n) is 10.1. The number of hydrogen-bond donors (Lipinski definition) is 2. The minimum Gasteiger partial charge on any atom is -0.351 e. The lowest BCUT2D eigenvalue weighted by atomic mass is 9.92. The van der Waals surface area contributed by atoms with Gasteiger partial charge in [-0.05, 0) is 45.1 Å². The van der Waals surface area contributed by atoms with Crippen molar-refractivity contribution in [3.8, 4) is 0 Å². The molecule has 0 aromatic rings. The van der Waals surface area contributed by atoms with Gasteiger partial charge in [-0.25, -0.2) is 0 Å². The van der Waals surface area contributed by atoms with Crippen molar-refractivity contribution in [2.45, 2.75) is 57.0 Å². The third-order valence-corrected chi connectivity index (χ3v) is 3.89. The monoisotopic (exact) mass is 222 g/mol. The van der Waals surface area contributed by atoms with Gasteiger partial charge in [0.25, 0.3) is 0 Å². The van der Waals surface area contributed by atoms with Gasteiger partial charge in [0.2, 0.25) is 5.91 Å². The molecular formula is C13H22N2O. The molecule has 0 spiro atoms. The number of hydrogen-bond acceptors (Lipinski definition) is 2. The zero-order valence-corrected chi connectivity index (χ0v) is 10.1. The van der Waals surface area contributed by atoms with Crippen LogP contribution in [0.5, 0.6) is 0 Å². The largest absolute Gasteiger partial charge is 0.351 e. The van der Waals surface area contributed by atoms with Crippen molar-refractivity contribution in [1.82, 2.24) is 10.6 Å². The second-order valence-corrected chi connectivity index (χ2v) is 4.92. The molecule has 1 saturated heterocycles. The first-order chi connectivity index (χ1) is 7.77. The highest BCUT2D eigenvalue weighted by Crippen LogP contribution is 2.24. The van der Waals surface area contributed by atoms with Crippen LogP contribution in [-0.2, 0) is 4.79 Å². The number of rotatable bonds is 3. The fourth-order valence-electron chi connectivity index (χ4n) is 2.71. The molecule has 2 aliphatic rings. The Morgan fingerprint density at radius 3 is 3.00 bits per heavy atom. The average molecular weight is 222 g/mol. The molecule has 1 fully saturated rings. The van der Waals surface area contributed by atoms with E-state index in [0.29, 0.717) is 6.04 Å². The topological polar surface area (TPSA) is 41.1 Å². The minimum atomic E-state index is -0.277. The number of nitrogens with one attached hydrogen (secondary N) is 2. The second kappa shape index (κ2) is 5.00. The maximum atomic E-state index is 12.3. The molecule has 1 aliphatic heterocycles. The lowest BCUT2D eigenvalue weighted by molar-refractivity contribution is -0.128. The van der Waals surface area contributed by atoms with Crippen LogP contribution in [-0.4, -0.2) is 24.0 Å². The molecule has 90 valence electrons. The van der Waals surface area contributed by atoms with E-state index < -0.39 is 0 Å². The normalized spacial score (nSPS) is 33.9. The van der Waals surface area contributed by atoms with Crippen molar-refractivity contribution >= 4 is 5.91 Å². The molecule has 0 bridgehead atoms. The molecule has 2 unspecified atom stereocenters. The predicted octanol–water partition coefficient (Wildman–Crippen LogP) is 1.74. The van der Waals surface area contributed by atoms with Crippen molar-refractivity contribution in [2.24, 2.45) is 0 Å². The average Bonchev–Trinajstić information content (AvgIpc) is 2.80. The van der Waals surface area contributed by atoms with E-state index in [4.69, 9.17) is 0 Å². The van der Waals surface area contributed by atoms with E-state index in [0.717, 1.165) is 45.1 Å². The maximum absolute atomic E-state index is 12.3. The molecule has 1 aliphatic carbocycles. The Morgan fingerprint density at radius 2 is 2.44 bits per heavy atom. The Bertz CT molecular complexity index is 280. The highest BCUT2D eigenvalue weighted by molar-refractivity contribution is 5.86. The van der Waals surface area contributed by atoms with Crippen molar-refractivity contribution in [1.29, 1.82) is 0 Å². The zero-order chi connectivity index (χ0) is 11.4. The highest BCUT2D eigenvalue weighted by atomic mass is 16.2. The lowest BCUT2D eigenvalue weighted by Gasteiger charge is -2.30. The Kier molecular flexibility index (Phi) is 3.64. The third-order valence-electron chi connectivity index (χ3n) is 3.89. The van der Waals surface area contributed by atoms with Crippen LogP contribution >= 0.6 is 0 Å². The summed E-state index contributed by atoms with van der Waals surface area (Å²) in [5.74, 6) is 0.216. The van der Waals surface area contributed by atoms with Gasteiger partial charge in [-0.15, -0.1) is 0 Å². The van der Waals surface area contributed by atoms with Crippen LogP contribution in [0, 0.1) is 0 Å². The molecule has 2 N–H and O–H groups in total. The summed E-state index contributed by atoms with van der Waals surface area (Å²) in [5, 5.41) is 6.58. The van der Waals surface area contributed by atoms with Crippen molar-refractivity contribution in [2.75, 3.05) is 6.54 Å². The lowest BCUT2D eigenvalue weighted by Crippen LogP contribution is -2.55. The predicted molar refractivity (Wildman–Crippen MR) is 65.2 cm³/mol. The van der Waals surface area contributed by atoms with Crippen LogP contribution in [0.15, 0.2) is 12.2 Å². The van der Waals surface area contributed by atoms with Crippen LogP contribution < -0.4 is 10.6 Å². The number of amides is 1. The quantitative estimate of drug-likeness (QED) is 0.714. The molecule has 0 radical (unpaired) electrons. The summed E-state index contributed by atoms with van der Waals surface area (Å²) in [7, 11) is 0. The van der Waals surface area contributed by atoms with Gasteiger partial charge in [-0.2, -0.15) is 0 Å². The number of carbonyl (C=O) groups excluding carboxylic acids is 1. The fraction of sp³-hybridized carbons (Fsp3) is 0.769. The second-order valence-electron chi connectivity index (χ2n) is 4.92. The van der Waals surface area contributed by atoms with Crippen LogP contribution in [0.3, 0.4) is 0 Å². The maximum Gasteiger partial charge on any atom is 0.240 e. The van der Waals surface area contributed by atoms with Crippen molar-refractivity contribution < 1.29 is 4.79 Å². The van der Waals surface area contributed by atoms with E-state index in [1.807, 2.05) is 0 Å². The third kappa shape index (κ3) is 2.29. The SMILES string of the molecule is CCC1(C(=O)NC2CC=CCC2)CCCN1. The first-order valence-corrected chi connectivity index (χ1v) is 6.48. The summed E-state index contributed by atoms with van der Waals surface area (Å²) in [6, 6.07) is 0.350. The van der Waals surface area contributed by atoms with Gasteiger partial charge in [0.1, 0.15) is 0 Å². The molecular weight excluding hydrogens is 200 g/mol. The smallest absolute Gasteiger partial charge is 0.240 e. The highest BCUT2D eigenvalue weighted by Gasteiger charge is 2.39. The summed E-state index contributed by atoms with van der Waals surface area (Å²) in [5.41, 5.74) is -0.277. The summed E-state index contributed by atoms with van der Waals surface area (Å²) >= 11 is 0. The van der Waals surface area contributed by atoms with E-state index in [-0.39, 0.29) is 11.4 Å². The van der Waals surface area contributed by atoms with Crippen molar-refractivity contribution in [3.63, 3.8) is 0 Å².